The van der Waals surface area contributed by atoms with Gasteiger partial charge in [0.1, 0.15) is 17.5 Å². The first kappa shape index (κ1) is 27.2. The molecule has 38 heavy (non-hydrogen) atoms. The molecule has 0 radical (unpaired) electrons. The van der Waals surface area contributed by atoms with Crippen molar-refractivity contribution in [2.75, 3.05) is 13.7 Å². The van der Waals surface area contributed by atoms with Gasteiger partial charge in [-0.15, -0.1) is 0 Å². The van der Waals surface area contributed by atoms with Gasteiger partial charge in [-0.1, -0.05) is 74.4 Å². The highest BCUT2D eigenvalue weighted by molar-refractivity contribution is 5.88. The molecule has 3 aromatic carbocycles. The Morgan fingerprint density at radius 2 is 1.61 bits per heavy atom. The number of hydrogen-bond acceptors (Lipinski definition) is 4. The van der Waals surface area contributed by atoms with E-state index in [1.807, 2.05) is 78.9 Å². The Kier molecular flexibility index (Phi) is 9.79. The Hall–Kier alpha value is -3.80. The normalized spacial score (nSPS) is 14.1. The summed E-state index contributed by atoms with van der Waals surface area (Å²) in [5.41, 5.74) is 3.09. The van der Waals surface area contributed by atoms with Crippen molar-refractivity contribution in [1.82, 2.24) is 10.2 Å². The monoisotopic (exact) mass is 514 g/mol. The lowest BCUT2D eigenvalue weighted by molar-refractivity contribution is -0.143. The lowest BCUT2D eigenvalue weighted by Gasteiger charge is -2.32. The van der Waals surface area contributed by atoms with Crippen molar-refractivity contribution in [3.05, 3.63) is 95.6 Å². The van der Waals surface area contributed by atoms with Gasteiger partial charge in [0.25, 0.3) is 5.91 Å². The second-order valence-electron chi connectivity index (χ2n) is 9.85. The maximum atomic E-state index is 13.8. The highest BCUT2D eigenvalue weighted by Gasteiger charge is 2.32. The highest BCUT2D eigenvalue weighted by Crippen LogP contribution is 2.22. The number of hydrogen-bond donors (Lipinski definition) is 1. The number of ether oxygens (including phenoxy) is 2. The summed E-state index contributed by atoms with van der Waals surface area (Å²) in [6.45, 7) is 2.21. The Bertz CT molecular complexity index is 1170. The van der Waals surface area contributed by atoms with Crippen molar-refractivity contribution in [3.8, 4) is 11.5 Å². The SMILES string of the molecule is CCc1ccc(OCC(=O)N(Cc2cccc(OC)c2)C(Cc2ccccc2)C(=O)NC2CCCC2)cc1. The number of aryl methyl sites for hydroxylation is 1. The van der Waals surface area contributed by atoms with E-state index in [-0.39, 0.29) is 31.0 Å². The van der Waals surface area contributed by atoms with Crippen molar-refractivity contribution in [1.29, 1.82) is 0 Å². The molecule has 1 fully saturated rings. The third kappa shape index (κ3) is 7.60. The molecule has 1 aliphatic rings. The van der Waals surface area contributed by atoms with Gasteiger partial charge in [0, 0.05) is 19.0 Å². The lowest BCUT2D eigenvalue weighted by Crippen LogP contribution is -2.53. The van der Waals surface area contributed by atoms with Gasteiger partial charge in [0.05, 0.1) is 7.11 Å². The van der Waals surface area contributed by atoms with Crippen LogP contribution in [0.5, 0.6) is 11.5 Å². The summed E-state index contributed by atoms with van der Waals surface area (Å²) in [5.74, 6) is 0.975. The highest BCUT2D eigenvalue weighted by atomic mass is 16.5. The average molecular weight is 515 g/mol. The largest absolute Gasteiger partial charge is 0.497 e. The van der Waals surface area contributed by atoms with Crippen molar-refractivity contribution in [3.63, 3.8) is 0 Å². The zero-order valence-corrected chi connectivity index (χ0v) is 22.4. The molecule has 0 spiro atoms. The van der Waals surface area contributed by atoms with Crippen LogP contribution in [0.15, 0.2) is 78.9 Å². The molecule has 3 aromatic rings. The van der Waals surface area contributed by atoms with Gasteiger partial charge < -0.3 is 19.7 Å². The third-order valence-corrected chi connectivity index (χ3v) is 7.15. The number of methoxy groups -OCH3 is 1. The molecule has 2 amide bonds. The van der Waals surface area contributed by atoms with E-state index in [1.54, 1.807) is 12.0 Å². The summed E-state index contributed by atoms with van der Waals surface area (Å²) in [5, 5.41) is 3.23. The Balaban J connectivity index is 1.60. The number of carbonyl (C=O) groups is 2. The predicted molar refractivity (Wildman–Crippen MR) is 149 cm³/mol. The number of benzene rings is 3. The molecule has 1 atom stereocenters. The van der Waals surface area contributed by atoms with E-state index >= 15 is 0 Å². The summed E-state index contributed by atoms with van der Waals surface area (Å²) in [4.78, 5) is 29.2. The van der Waals surface area contributed by atoms with Crippen LogP contribution < -0.4 is 14.8 Å². The number of rotatable bonds is 12. The summed E-state index contributed by atoms with van der Waals surface area (Å²) in [6, 6.07) is 24.7. The third-order valence-electron chi connectivity index (χ3n) is 7.15. The quantitative estimate of drug-likeness (QED) is 0.355. The molecule has 0 heterocycles. The minimum atomic E-state index is -0.678. The topological polar surface area (TPSA) is 67.9 Å². The summed E-state index contributed by atoms with van der Waals surface area (Å²) < 4.78 is 11.3. The Morgan fingerprint density at radius 1 is 0.895 bits per heavy atom. The van der Waals surface area contributed by atoms with Gasteiger partial charge in [0.2, 0.25) is 5.91 Å². The molecule has 1 unspecified atom stereocenters. The molecule has 1 N–H and O–H groups in total. The molecule has 1 aliphatic carbocycles. The molecule has 0 saturated heterocycles. The van der Waals surface area contributed by atoms with Crippen LogP contribution in [-0.2, 0) is 29.0 Å². The lowest BCUT2D eigenvalue weighted by atomic mass is 10.0. The van der Waals surface area contributed by atoms with Crippen LogP contribution in [-0.4, -0.2) is 42.5 Å². The molecule has 0 aliphatic heterocycles. The number of amides is 2. The first-order chi connectivity index (χ1) is 18.6. The van der Waals surface area contributed by atoms with E-state index in [4.69, 9.17) is 9.47 Å². The second-order valence-corrected chi connectivity index (χ2v) is 9.85. The zero-order chi connectivity index (χ0) is 26.7. The van der Waals surface area contributed by atoms with Crippen LogP contribution in [0, 0.1) is 0 Å². The van der Waals surface area contributed by atoms with Gasteiger partial charge >= 0.3 is 0 Å². The fourth-order valence-electron chi connectivity index (χ4n) is 4.94. The van der Waals surface area contributed by atoms with Crippen molar-refractivity contribution in [2.24, 2.45) is 0 Å². The van der Waals surface area contributed by atoms with Crippen molar-refractivity contribution < 1.29 is 19.1 Å². The first-order valence-electron chi connectivity index (χ1n) is 13.5. The van der Waals surface area contributed by atoms with Gasteiger partial charge in [-0.3, -0.25) is 9.59 Å². The summed E-state index contributed by atoms with van der Waals surface area (Å²) in [7, 11) is 1.62. The minimum absolute atomic E-state index is 0.121. The fraction of sp³-hybridized carbons (Fsp3) is 0.375. The van der Waals surface area contributed by atoms with E-state index in [2.05, 4.69) is 12.2 Å². The van der Waals surface area contributed by atoms with Gasteiger partial charge in [-0.05, 0) is 60.2 Å². The van der Waals surface area contributed by atoms with Crippen LogP contribution in [0.3, 0.4) is 0 Å². The standard InChI is InChI=1S/C32H38N2O4/c1-3-24-16-18-28(19-17-24)38-23-31(35)34(22-26-12-9-15-29(20-26)37-2)30(21-25-10-5-4-6-11-25)32(36)33-27-13-7-8-14-27/h4-6,9-12,15-20,27,30H,3,7-8,13-14,21-23H2,1-2H3,(H,33,36). The number of nitrogens with zero attached hydrogens (tertiary/aromatic N) is 1. The Labute approximate surface area is 226 Å². The molecule has 0 bridgehead atoms. The maximum Gasteiger partial charge on any atom is 0.261 e. The molecule has 6 nitrogen and oxygen atoms in total. The van der Waals surface area contributed by atoms with E-state index in [0.29, 0.717) is 17.9 Å². The van der Waals surface area contributed by atoms with Crippen LogP contribution in [0.2, 0.25) is 0 Å². The van der Waals surface area contributed by atoms with E-state index < -0.39 is 6.04 Å². The van der Waals surface area contributed by atoms with Gasteiger partial charge in [0.15, 0.2) is 6.61 Å². The zero-order valence-electron chi connectivity index (χ0n) is 22.4. The fourth-order valence-corrected chi connectivity index (χ4v) is 4.94. The smallest absolute Gasteiger partial charge is 0.261 e. The predicted octanol–water partition coefficient (Wildman–Crippen LogP) is 5.34. The number of nitrogens with one attached hydrogen (secondary N) is 1. The van der Waals surface area contributed by atoms with E-state index in [0.717, 1.165) is 43.2 Å². The second kappa shape index (κ2) is 13.7. The van der Waals surface area contributed by atoms with Crippen LogP contribution in [0.25, 0.3) is 0 Å². The van der Waals surface area contributed by atoms with E-state index in [9.17, 15) is 9.59 Å². The first-order valence-corrected chi connectivity index (χ1v) is 13.5. The molecule has 6 heteroatoms. The molecule has 200 valence electrons. The van der Waals surface area contributed by atoms with Crippen molar-refractivity contribution >= 4 is 11.8 Å². The Morgan fingerprint density at radius 3 is 2.29 bits per heavy atom. The van der Waals surface area contributed by atoms with Gasteiger partial charge in [-0.2, -0.15) is 0 Å². The molecule has 0 aromatic heterocycles. The molecule has 1 saturated carbocycles. The van der Waals surface area contributed by atoms with Gasteiger partial charge in [-0.25, -0.2) is 0 Å². The minimum Gasteiger partial charge on any atom is -0.497 e. The number of carbonyl (C=O) groups excluding carboxylic acids is 2. The summed E-state index contributed by atoms with van der Waals surface area (Å²) >= 11 is 0. The summed E-state index contributed by atoms with van der Waals surface area (Å²) in [6.07, 6.45) is 5.54. The van der Waals surface area contributed by atoms with Crippen LogP contribution in [0.4, 0.5) is 0 Å². The van der Waals surface area contributed by atoms with Crippen LogP contribution >= 0.6 is 0 Å². The molecular weight excluding hydrogens is 476 g/mol. The molecular formula is C32H38N2O4. The van der Waals surface area contributed by atoms with Crippen LogP contribution in [0.1, 0.15) is 49.3 Å². The van der Waals surface area contributed by atoms with Crippen molar-refractivity contribution in [2.45, 2.75) is 64.1 Å². The molecule has 4 rings (SSSR count). The maximum absolute atomic E-state index is 13.8. The average Bonchev–Trinajstić information content (AvgIpc) is 3.47. The van der Waals surface area contributed by atoms with E-state index in [1.165, 1.54) is 5.56 Å².